The van der Waals surface area contributed by atoms with Crippen molar-refractivity contribution in [3.63, 3.8) is 0 Å². The van der Waals surface area contributed by atoms with E-state index in [2.05, 4.69) is 10.6 Å². The second kappa shape index (κ2) is 10.4. The van der Waals surface area contributed by atoms with Gasteiger partial charge in [-0.3, -0.25) is 9.59 Å². The topological polar surface area (TPSA) is 67.4 Å². The van der Waals surface area contributed by atoms with Gasteiger partial charge < -0.3 is 15.4 Å². The zero-order valence-corrected chi connectivity index (χ0v) is 18.2. The Morgan fingerprint density at radius 1 is 0.742 bits per heavy atom. The maximum atomic E-state index is 12.3. The van der Waals surface area contributed by atoms with Crippen LogP contribution in [0.5, 0.6) is 5.75 Å². The third kappa shape index (κ3) is 5.95. The van der Waals surface area contributed by atoms with Crippen LogP contribution < -0.4 is 15.4 Å². The van der Waals surface area contributed by atoms with Crippen LogP contribution in [0.25, 0.3) is 11.1 Å². The standard InChI is InChI=1S/C26H28N2O3/c1-18-9-10-19(2)25(20(18)3)31-17-24(29)27-15-16-28-26(30)23-13-11-22(12-14-23)21-7-5-4-6-8-21/h4-14H,15-17H2,1-3H3,(H,27,29)(H,28,30). The van der Waals surface area contributed by atoms with Crippen LogP contribution in [-0.2, 0) is 4.79 Å². The molecule has 5 heteroatoms. The average Bonchev–Trinajstić information content (AvgIpc) is 2.80. The smallest absolute Gasteiger partial charge is 0.258 e. The minimum absolute atomic E-state index is 0.0555. The van der Waals surface area contributed by atoms with E-state index in [0.717, 1.165) is 33.6 Å². The van der Waals surface area contributed by atoms with Crippen molar-refractivity contribution in [3.05, 3.63) is 89.0 Å². The third-order valence-electron chi connectivity index (χ3n) is 5.21. The zero-order chi connectivity index (χ0) is 22.2. The van der Waals surface area contributed by atoms with Gasteiger partial charge in [-0.2, -0.15) is 0 Å². The van der Waals surface area contributed by atoms with Crippen molar-refractivity contribution in [2.45, 2.75) is 20.8 Å². The van der Waals surface area contributed by atoms with E-state index in [9.17, 15) is 9.59 Å². The quantitative estimate of drug-likeness (QED) is 0.541. The van der Waals surface area contributed by atoms with Crippen LogP contribution in [-0.4, -0.2) is 31.5 Å². The maximum Gasteiger partial charge on any atom is 0.258 e. The molecular weight excluding hydrogens is 388 g/mol. The molecule has 0 aliphatic carbocycles. The summed E-state index contributed by atoms with van der Waals surface area (Å²) in [5, 5.41) is 5.58. The lowest BCUT2D eigenvalue weighted by Crippen LogP contribution is -2.36. The van der Waals surface area contributed by atoms with E-state index in [1.807, 2.05) is 75.4 Å². The number of hydrogen-bond donors (Lipinski definition) is 2. The predicted octanol–water partition coefficient (Wildman–Crippen LogP) is 4.20. The first-order valence-corrected chi connectivity index (χ1v) is 10.4. The number of nitrogens with one attached hydrogen (secondary N) is 2. The molecule has 0 saturated carbocycles. The number of carbonyl (C=O) groups excluding carboxylic acids is 2. The summed E-state index contributed by atoms with van der Waals surface area (Å²) >= 11 is 0. The normalized spacial score (nSPS) is 10.4. The maximum absolute atomic E-state index is 12.3. The third-order valence-corrected chi connectivity index (χ3v) is 5.21. The zero-order valence-electron chi connectivity index (χ0n) is 18.2. The Labute approximate surface area is 183 Å². The Bertz CT molecular complexity index is 1040. The number of ether oxygens (including phenoxy) is 1. The van der Waals surface area contributed by atoms with Gasteiger partial charge in [-0.25, -0.2) is 0 Å². The minimum Gasteiger partial charge on any atom is -0.483 e. The van der Waals surface area contributed by atoms with Gasteiger partial charge in [-0.1, -0.05) is 54.6 Å². The van der Waals surface area contributed by atoms with Crippen molar-refractivity contribution in [3.8, 4) is 16.9 Å². The van der Waals surface area contributed by atoms with Gasteiger partial charge in [0.25, 0.3) is 11.8 Å². The van der Waals surface area contributed by atoms with Crippen LogP contribution in [0.15, 0.2) is 66.7 Å². The number of rotatable bonds is 8. The summed E-state index contributed by atoms with van der Waals surface area (Å²) in [6, 6.07) is 21.5. The van der Waals surface area contributed by atoms with Gasteiger partial charge >= 0.3 is 0 Å². The van der Waals surface area contributed by atoms with Crippen LogP contribution in [0.1, 0.15) is 27.0 Å². The first-order valence-electron chi connectivity index (χ1n) is 10.4. The van der Waals surface area contributed by atoms with Gasteiger partial charge in [0.2, 0.25) is 0 Å². The van der Waals surface area contributed by atoms with Crippen LogP contribution in [0.2, 0.25) is 0 Å². The summed E-state index contributed by atoms with van der Waals surface area (Å²) in [5.41, 5.74) is 5.92. The molecule has 2 amide bonds. The number of carbonyl (C=O) groups is 2. The van der Waals surface area contributed by atoms with E-state index in [0.29, 0.717) is 18.7 Å². The summed E-state index contributed by atoms with van der Waals surface area (Å²) in [7, 11) is 0. The van der Waals surface area contributed by atoms with Crippen LogP contribution in [0.3, 0.4) is 0 Å². The number of benzene rings is 3. The molecule has 0 aliphatic heterocycles. The van der Waals surface area contributed by atoms with Gasteiger partial charge in [0.15, 0.2) is 6.61 Å². The highest BCUT2D eigenvalue weighted by molar-refractivity contribution is 5.94. The van der Waals surface area contributed by atoms with Crippen molar-refractivity contribution in [1.29, 1.82) is 0 Å². The van der Waals surface area contributed by atoms with Gasteiger partial charge in [0.05, 0.1) is 0 Å². The number of hydrogen-bond acceptors (Lipinski definition) is 3. The SMILES string of the molecule is Cc1ccc(C)c(OCC(=O)NCCNC(=O)c2ccc(-c3ccccc3)cc2)c1C. The molecule has 0 aliphatic rings. The molecule has 160 valence electrons. The summed E-state index contributed by atoms with van der Waals surface area (Å²) in [6.07, 6.45) is 0. The summed E-state index contributed by atoms with van der Waals surface area (Å²) in [6.45, 7) is 6.58. The lowest BCUT2D eigenvalue weighted by atomic mass is 10.0. The predicted molar refractivity (Wildman–Crippen MR) is 123 cm³/mol. The molecule has 0 bridgehead atoms. The van der Waals surface area contributed by atoms with E-state index in [1.54, 1.807) is 12.1 Å². The Morgan fingerprint density at radius 3 is 2.06 bits per heavy atom. The molecule has 3 aromatic carbocycles. The molecular formula is C26H28N2O3. The van der Waals surface area contributed by atoms with Gasteiger partial charge in [-0.15, -0.1) is 0 Å². The van der Waals surface area contributed by atoms with E-state index >= 15 is 0 Å². The first kappa shape index (κ1) is 22.1. The van der Waals surface area contributed by atoms with Crippen LogP contribution in [0.4, 0.5) is 0 Å². The molecule has 2 N–H and O–H groups in total. The second-order valence-electron chi connectivity index (χ2n) is 7.49. The van der Waals surface area contributed by atoms with E-state index in [1.165, 1.54) is 0 Å². The molecule has 31 heavy (non-hydrogen) atoms. The molecule has 0 atom stereocenters. The van der Waals surface area contributed by atoms with Crippen LogP contribution in [0, 0.1) is 20.8 Å². The fourth-order valence-electron chi connectivity index (χ4n) is 3.26. The average molecular weight is 417 g/mol. The van der Waals surface area contributed by atoms with Gasteiger partial charge in [0.1, 0.15) is 5.75 Å². The molecule has 0 saturated heterocycles. The van der Waals surface area contributed by atoms with Gasteiger partial charge in [-0.05, 0) is 60.7 Å². The lowest BCUT2D eigenvalue weighted by molar-refractivity contribution is -0.123. The molecule has 3 aromatic rings. The largest absolute Gasteiger partial charge is 0.483 e. The molecule has 0 aromatic heterocycles. The second-order valence-corrected chi connectivity index (χ2v) is 7.49. The Hall–Kier alpha value is -3.60. The van der Waals surface area contributed by atoms with Crippen molar-refractivity contribution in [2.75, 3.05) is 19.7 Å². The van der Waals surface area contributed by atoms with Crippen molar-refractivity contribution < 1.29 is 14.3 Å². The fourth-order valence-corrected chi connectivity index (χ4v) is 3.26. The fraction of sp³-hybridized carbons (Fsp3) is 0.231. The molecule has 0 spiro atoms. The summed E-state index contributed by atoms with van der Waals surface area (Å²) in [5.74, 6) is 0.361. The van der Waals surface area contributed by atoms with E-state index < -0.39 is 0 Å². The molecule has 5 nitrogen and oxygen atoms in total. The molecule has 3 rings (SSSR count). The molecule has 0 unspecified atom stereocenters. The van der Waals surface area contributed by atoms with Crippen molar-refractivity contribution >= 4 is 11.8 Å². The number of aryl methyl sites for hydroxylation is 2. The molecule has 0 radical (unpaired) electrons. The summed E-state index contributed by atoms with van der Waals surface area (Å²) in [4.78, 5) is 24.4. The van der Waals surface area contributed by atoms with Crippen molar-refractivity contribution in [2.24, 2.45) is 0 Å². The highest BCUT2D eigenvalue weighted by Crippen LogP contribution is 2.25. The lowest BCUT2D eigenvalue weighted by Gasteiger charge is -2.14. The molecule has 0 fully saturated rings. The monoisotopic (exact) mass is 416 g/mol. The highest BCUT2D eigenvalue weighted by Gasteiger charge is 2.10. The highest BCUT2D eigenvalue weighted by atomic mass is 16.5. The van der Waals surface area contributed by atoms with E-state index in [4.69, 9.17) is 4.74 Å². The van der Waals surface area contributed by atoms with Crippen molar-refractivity contribution in [1.82, 2.24) is 10.6 Å². The van der Waals surface area contributed by atoms with Gasteiger partial charge in [0, 0.05) is 18.7 Å². The minimum atomic E-state index is -0.221. The Balaban J connectivity index is 1.41. The van der Waals surface area contributed by atoms with Crippen LogP contribution >= 0.6 is 0 Å². The first-order chi connectivity index (χ1) is 15.0. The summed E-state index contributed by atoms with van der Waals surface area (Å²) < 4.78 is 5.71. The Kier molecular flexibility index (Phi) is 7.44. The van der Waals surface area contributed by atoms with E-state index in [-0.39, 0.29) is 18.4 Å². The Morgan fingerprint density at radius 2 is 1.35 bits per heavy atom. The number of amides is 2. The molecule has 0 heterocycles.